The zero-order chi connectivity index (χ0) is 19.4. The lowest BCUT2D eigenvalue weighted by molar-refractivity contribution is 0.643. The Hall–Kier alpha value is -1.69. The van der Waals surface area contributed by atoms with E-state index in [1.54, 1.807) is 0 Å². The summed E-state index contributed by atoms with van der Waals surface area (Å²) < 4.78 is 4.37. The standard InChI is InChI=1S/C24H33NSi2/c1-5-6-19-24(20-13-14-21-24)27(25-26(2,3)4,22-15-9-7-10-16-22)23-17-11-8-12-18-23/h7-18,20-21,25H,5-6,19H2,1-4H3. The van der Waals surface area contributed by atoms with Gasteiger partial charge in [0, 0.05) is 5.04 Å². The second kappa shape index (κ2) is 8.13. The van der Waals surface area contributed by atoms with E-state index in [1.165, 1.54) is 29.6 Å². The van der Waals surface area contributed by atoms with Crippen LogP contribution in [0.5, 0.6) is 0 Å². The molecule has 0 amide bonds. The fourth-order valence-electron chi connectivity index (χ4n) is 4.49. The van der Waals surface area contributed by atoms with Gasteiger partial charge in [0.05, 0.1) is 0 Å². The summed E-state index contributed by atoms with van der Waals surface area (Å²) in [5.41, 5.74) is 0. The molecular weight excluding hydrogens is 358 g/mol. The lowest BCUT2D eigenvalue weighted by atomic mass is 10.0. The van der Waals surface area contributed by atoms with Gasteiger partial charge in [0.2, 0.25) is 0 Å². The van der Waals surface area contributed by atoms with Gasteiger partial charge >= 0.3 is 0 Å². The summed E-state index contributed by atoms with van der Waals surface area (Å²) in [6, 6.07) is 22.6. The Kier molecular flexibility index (Phi) is 6.04. The molecule has 0 fully saturated rings. The van der Waals surface area contributed by atoms with E-state index in [-0.39, 0.29) is 5.04 Å². The maximum Gasteiger partial charge on any atom is 0.197 e. The van der Waals surface area contributed by atoms with Crippen LogP contribution in [0.25, 0.3) is 0 Å². The number of nitrogens with one attached hydrogen (secondary N) is 1. The largest absolute Gasteiger partial charge is 0.352 e. The van der Waals surface area contributed by atoms with Crippen molar-refractivity contribution in [3.05, 3.63) is 85.0 Å². The normalized spacial score (nSPS) is 16.0. The summed E-state index contributed by atoms with van der Waals surface area (Å²) in [5, 5.41) is 3.06. The van der Waals surface area contributed by atoms with Gasteiger partial charge in [-0.3, -0.25) is 0 Å². The van der Waals surface area contributed by atoms with Gasteiger partial charge in [0.1, 0.15) is 8.24 Å². The van der Waals surface area contributed by atoms with Crippen molar-refractivity contribution in [1.29, 1.82) is 0 Å². The molecular formula is C24H33NSi2. The molecule has 0 bridgehead atoms. The third-order valence-electron chi connectivity index (χ3n) is 5.52. The first kappa shape index (κ1) is 20.1. The minimum absolute atomic E-state index is 0.0754. The molecule has 142 valence electrons. The van der Waals surface area contributed by atoms with E-state index in [0.717, 1.165) is 0 Å². The lowest BCUT2D eigenvalue weighted by Crippen LogP contribution is -2.79. The molecule has 27 heavy (non-hydrogen) atoms. The first-order valence-electron chi connectivity index (χ1n) is 10.2. The Morgan fingerprint density at radius 1 is 0.778 bits per heavy atom. The molecule has 1 N–H and O–H groups in total. The number of benzene rings is 2. The van der Waals surface area contributed by atoms with Crippen LogP contribution in [0.4, 0.5) is 0 Å². The molecule has 0 unspecified atom stereocenters. The summed E-state index contributed by atoms with van der Waals surface area (Å²) in [4.78, 5) is 0. The second-order valence-electron chi connectivity index (χ2n) is 8.72. The third-order valence-corrected chi connectivity index (χ3v) is 14.4. The highest BCUT2D eigenvalue weighted by molar-refractivity contribution is 7.09. The highest BCUT2D eigenvalue weighted by Gasteiger charge is 2.55. The van der Waals surface area contributed by atoms with E-state index in [2.05, 4.69) is 116 Å². The summed E-state index contributed by atoms with van der Waals surface area (Å²) in [6.45, 7) is 9.62. The minimum atomic E-state index is -2.30. The fraction of sp³-hybridized carbons (Fsp3) is 0.333. The highest BCUT2D eigenvalue weighted by atomic mass is 28.4. The number of hydrogen-bond acceptors (Lipinski definition) is 1. The van der Waals surface area contributed by atoms with Crippen LogP contribution >= 0.6 is 0 Å². The molecule has 0 aliphatic heterocycles. The van der Waals surface area contributed by atoms with Gasteiger partial charge in [-0.1, -0.05) is 124 Å². The predicted molar refractivity (Wildman–Crippen MR) is 125 cm³/mol. The van der Waals surface area contributed by atoms with Gasteiger partial charge in [-0.15, -0.1) is 0 Å². The Morgan fingerprint density at radius 2 is 1.26 bits per heavy atom. The SMILES string of the molecule is CCCCC1([Si](N[Si](C)(C)C)(c2ccccc2)c2ccccc2)C=CC=C1. The van der Waals surface area contributed by atoms with E-state index in [4.69, 9.17) is 0 Å². The summed E-state index contributed by atoms with van der Waals surface area (Å²) in [6.07, 6.45) is 13.2. The van der Waals surface area contributed by atoms with Crippen LogP contribution in [0.15, 0.2) is 85.0 Å². The molecule has 2 aromatic carbocycles. The number of allylic oxidation sites excluding steroid dienone is 4. The second-order valence-corrected chi connectivity index (χ2v) is 17.8. The summed E-state index contributed by atoms with van der Waals surface area (Å²) >= 11 is 0. The molecule has 3 heteroatoms. The van der Waals surface area contributed by atoms with Crippen LogP contribution in [-0.2, 0) is 0 Å². The van der Waals surface area contributed by atoms with Gasteiger partial charge < -0.3 is 4.65 Å². The van der Waals surface area contributed by atoms with E-state index in [0.29, 0.717) is 0 Å². The molecule has 3 rings (SSSR count). The van der Waals surface area contributed by atoms with Gasteiger partial charge in [0.15, 0.2) is 8.24 Å². The van der Waals surface area contributed by atoms with Gasteiger partial charge in [-0.2, -0.15) is 0 Å². The maximum atomic E-state index is 4.37. The van der Waals surface area contributed by atoms with Crippen LogP contribution in [0.2, 0.25) is 24.7 Å². The van der Waals surface area contributed by atoms with Crippen molar-refractivity contribution in [3.63, 3.8) is 0 Å². The molecule has 0 saturated heterocycles. The minimum Gasteiger partial charge on any atom is -0.352 e. The maximum absolute atomic E-state index is 4.37. The average Bonchev–Trinajstić information content (AvgIpc) is 3.15. The van der Waals surface area contributed by atoms with E-state index in [9.17, 15) is 0 Å². The molecule has 1 aliphatic rings. The van der Waals surface area contributed by atoms with Crippen LogP contribution in [-0.4, -0.2) is 16.5 Å². The van der Waals surface area contributed by atoms with E-state index < -0.39 is 16.5 Å². The van der Waals surface area contributed by atoms with Crippen molar-refractivity contribution in [2.24, 2.45) is 0 Å². The predicted octanol–water partition coefficient (Wildman–Crippen LogP) is 5.23. The molecule has 0 saturated carbocycles. The smallest absolute Gasteiger partial charge is 0.197 e. The van der Waals surface area contributed by atoms with Crippen molar-refractivity contribution >= 4 is 26.8 Å². The van der Waals surface area contributed by atoms with E-state index >= 15 is 0 Å². The summed E-state index contributed by atoms with van der Waals surface area (Å²) in [5.74, 6) is 0. The van der Waals surface area contributed by atoms with Crippen molar-refractivity contribution in [1.82, 2.24) is 4.65 Å². The van der Waals surface area contributed by atoms with Crippen molar-refractivity contribution < 1.29 is 0 Å². The van der Waals surface area contributed by atoms with Gasteiger partial charge in [-0.25, -0.2) is 0 Å². The fourth-order valence-corrected chi connectivity index (χ4v) is 15.1. The number of unbranched alkanes of at least 4 members (excludes halogenated alkanes) is 1. The number of rotatable bonds is 8. The first-order valence-corrected chi connectivity index (χ1v) is 15.7. The molecule has 0 spiro atoms. The van der Waals surface area contributed by atoms with Crippen LogP contribution in [0, 0.1) is 0 Å². The zero-order valence-electron chi connectivity index (χ0n) is 17.2. The molecule has 1 nitrogen and oxygen atoms in total. The molecule has 0 radical (unpaired) electrons. The van der Waals surface area contributed by atoms with Crippen LogP contribution in [0.1, 0.15) is 26.2 Å². The molecule has 1 aliphatic carbocycles. The number of hydrogen-bond donors (Lipinski definition) is 1. The van der Waals surface area contributed by atoms with Crippen LogP contribution < -0.4 is 15.0 Å². The molecule has 0 atom stereocenters. The lowest BCUT2D eigenvalue weighted by Gasteiger charge is -2.50. The van der Waals surface area contributed by atoms with Crippen LogP contribution in [0.3, 0.4) is 0 Å². The Morgan fingerprint density at radius 3 is 1.67 bits per heavy atom. The Bertz CT molecular complexity index is 737. The Labute approximate surface area is 167 Å². The van der Waals surface area contributed by atoms with Crippen molar-refractivity contribution in [2.45, 2.75) is 50.9 Å². The third kappa shape index (κ3) is 3.96. The molecule has 0 heterocycles. The molecule has 2 aromatic rings. The molecule has 0 aromatic heterocycles. The average molecular weight is 392 g/mol. The zero-order valence-corrected chi connectivity index (χ0v) is 19.2. The topological polar surface area (TPSA) is 12.0 Å². The van der Waals surface area contributed by atoms with Gasteiger partial charge in [0.25, 0.3) is 0 Å². The monoisotopic (exact) mass is 391 g/mol. The first-order chi connectivity index (χ1) is 12.9. The Balaban J connectivity index is 2.33. The van der Waals surface area contributed by atoms with Gasteiger partial charge in [-0.05, 0) is 16.8 Å². The summed E-state index contributed by atoms with van der Waals surface area (Å²) in [7, 11) is -3.87. The highest BCUT2D eigenvalue weighted by Crippen LogP contribution is 2.47. The quantitative estimate of drug-likeness (QED) is 0.608. The van der Waals surface area contributed by atoms with Crippen molar-refractivity contribution in [2.75, 3.05) is 0 Å². The van der Waals surface area contributed by atoms with Crippen molar-refractivity contribution in [3.8, 4) is 0 Å². The van der Waals surface area contributed by atoms with E-state index in [1.807, 2.05) is 0 Å².